The van der Waals surface area contributed by atoms with Crippen LogP contribution in [0.2, 0.25) is 0 Å². The first-order chi connectivity index (χ1) is 8.95. The second-order valence-electron chi connectivity index (χ2n) is 4.86. The molecule has 0 saturated carbocycles. The molecule has 1 rings (SSSR count). The molecular formula is C13H24N4O2. The average molecular weight is 268 g/mol. The van der Waals surface area contributed by atoms with Crippen molar-refractivity contribution in [3.63, 3.8) is 0 Å². The Hall–Kier alpha value is -1.56. The second kappa shape index (κ2) is 7.13. The standard InChI is InChI=1S/C13H24N4O2/c1-9(15-13(19)14-6-5-7-18)8-12-10(2)16-17(4)11(12)3/h9,18H,5-8H2,1-4H3,(H2,14,15,19). The number of hydrogen-bond donors (Lipinski definition) is 3. The lowest BCUT2D eigenvalue weighted by Crippen LogP contribution is -2.42. The lowest BCUT2D eigenvalue weighted by atomic mass is 10.1. The smallest absolute Gasteiger partial charge is 0.315 e. The fourth-order valence-corrected chi connectivity index (χ4v) is 2.03. The molecule has 108 valence electrons. The average Bonchev–Trinajstić information content (AvgIpc) is 2.56. The number of carbonyl (C=O) groups excluding carboxylic acids is 1. The van der Waals surface area contributed by atoms with Crippen LogP contribution in [0.15, 0.2) is 0 Å². The van der Waals surface area contributed by atoms with E-state index in [1.807, 2.05) is 32.5 Å². The first-order valence-corrected chi connectivity index (χ1v) is 6.60. The van der Waals surface area contributed by atoms with E-state index in [4.69, 9.17) is 5.11 Å². The summed E-state index contributed by atoms with van der Waals surface area (Å²) in [5.41, 5.74) is 3.33. The molecule has 1 aromatic rings. The van der Waals surface area contributed by atoms with Gasteiger partial charge in [0.15, 0.2) is 0 Å². The fraction of sp³-hybridized carbons (Fsp3) is 0.692. The topological polar surface area (TPSA) is 79.2 Å². The van der Waals surface area contributed by atoms with E-state index in [2.05, 4.69) is 15.7 Å². The van der Waals surface area contributed by atoms with Crippen molar-refractivity contribution in [2.75, 3.05) is 13.2 Å². The number of amides is 2. The van der Waals surface area contributed by atoms with E-state index in [1.165, 1.54) is 5.56 Å². The molecule has 0 aliphatic rings. The molecule has 1 heterocycles. The van der Waals surface area contributed by atoms with Gasteiger partial charge in [0.25, 0.3) is 0 Å². The molecule has 2 amide bonds. The van der Waals surface area contributed by atoms with Gasteiger partial charge < -0.3 is 15.7 Å². The van der Waals surface area contributed by atoms with Crippen molar-refractivity contribution in [2.24, 2.45) is 7.05 Å². The number of aryl methyl sites for hydroxylation is 2. The van der Waals surface area contributed by atoms with Crippen molar-refractivity contribution in [1.29, 1.82) is 0 Å². The highest BCUT2D eigenvalue weighted by Crippen LogP contribution is 2.13. The molecule has 0 aromatic carbocycles. The normalized spacial score (nSPS) is 12.3. The van der Waals surface area contributed by atoms with Gasteiger partial charge in [0, 0.05) is 31.9 Å². The molecule has 3 N–H and O–H groups in total. The first-order valence-electron chi connectivity index (χ1n) is 6.60. The zero-order valence-corrected chi connectivity index (χ0v) is 12.2. The third-order valence-electron chi connectivity index (χ3n) is 3.17. The number of urea groups is 1. The van der Waals surface area contributed by atoms with Gasteiger partial charge in [0.1, 0.15) is 0 Å². The van der Waals surface area contributed by atoms with Crippen molar-refractivity contribution in [2.45, 2.75) is 39.7 Å². The molecule has 1 aromatic heterocycles. The van der Waals surface area contributed by atoms with Crippen molar-refractivity contribution in [3.05, 3.63) is 17.0 Å². The lowest BCUT2D eigenvalue weighted by molar-refractivity contribution is 0.235. The Morgan fingerprint density at radius 1 is 1.47 bits per heavy atom. The van der Waals surface area contributed by atoms with Crippen LogP contribution in [0, 0.1) is 13.8 Å². The van der Waals surface area contributed by atoms with E-state index < -0.39 is 0 Å². The number of carbonyl (C=O) groups is 1. The lowest BCUT2D eigenvalue weighted by Gasteiger charge is -2.15. The number of nitrogens with zero attached hydrogens (tertiary/aromatic N) is 2. The van der Waals surface area contributed by atoms with Crippen LogP contribution in [-0.4, -0.2) is 40.1 Å². The predicted octanol–water partition coefficient (Wildman–Crippen LogP) is 0.650. The SMILES string of the molecule is Cc1nn(C)c(C)c1CC(C)NC(=O)NCCCO. The van der Waals surface area contributed by atoms with Gasteiger partial charge in [-0.1, -0.05) is 0 Å². The highest BCUT2D eigenvalue weighted by molar-refractivity contribution is 5.74. The van der Waals surface area contributed by atoms with Crippen molar-refractivity contribution < 1.29 is 9.90 Å². The van der Waals surface area contributed by atoms with Gasteiger partial charge in [-0.05, 0) is 39.2 Å². The summed E-state index contributed by atoms with van der Waals surface area (Å²) in [6.07, 6.45) is 1.33. The van der Waals surface area contributed by atoms with Crippen LogP contribution in [0.5, 0.6) is 0 Å². The number of aromatic nitrogens is 2. The summed E-state index contributed by atoms with van der Waals surface area (Å²) in [4.78, 5) is 11.6. The molecule has 0 spiro atoms. The van der Waals surface area contributed by atoms with Gasteiger partial charge in [0.05, 0.1) is 5.69 Å². The third-order valence-corrected chi connectivity index (χ3v) is 3.17. The maximum Gasteiger partial charge on any atom is 0.315 e. The highest BCUT2D eigenvalue weighted by Gasteiger charge is 2.14. The maximum atomic E-state index is 11.6. The number of hydrogen-bond acceptors (Lipinski definition) is 3. The van der Waals surface area contributed by atoms with Gasteiger partial charge in [-0.2, -0.15) is 5.10 Å². The van der Waals surface area contributed by atoms with Crippen LogP contribution in [0.1, 0.15) is 30.3 Å². The van der Waals surface area contributed by atoms with Crippen LogP contribution in [0.4, 0.5) is 4.79 Å². The zero-order chi connectivity index (χ0) is 14.4. The molecule has 1 unspecified atom stereocenters. The highest BCUT2D eigenvalue weighted by atomic mass is 16.3. The number of rotatable bonds is 6. The van der Waals surface area contributed by atoms with E-state index in [-0.39, 0.29) is 18.7 Å². The minimum Gasteiger partial charge on any atom is -0.396 e. The minimum absolute atomic E-state index is 0.0377. The van der Waals surface area contributed by atoms with Crippen LogP contribution in [0.3, 0.4) is 0 Å². The van der Waals surface area contributed by atoms with E-state index >= 15 is 0 Å². The predicted molar refractivity (Wildman–Crippen MR) is 74.1 cm³/mol. The van der Waals surface area contributed by atoms with Crippen LogP contribution >= 0.6 is 0 Å². The molecule has 0 bridgehead atoms. The van der Waals surface area contributed by atoms with Gasteiger partial charge in [-0.25, -0.2) is 4.79 Å². The summed E-state index contributed by atoms with van der Waals surface area (Å²) in [6, 6.07) is -0.157. The summed E-state index contributed by atoms with van der Waals surface area (Å²) in [7, 11) is 1.92. The van der Waals surface area contributed by atoms with Crippen LogP contribution < -0.4 is 10.6 Å². The Morgan fingerprint density at radius 2 is 2.16 bits per heavy atom. The van der Waals surface area contributed by atoms with Crippen molar-refractivity contribution in [1.82, 2.24) is 20.4 Å². The second-order valence-corrected chi connectivity index (χ2v) is 4.86. The molecule has 0 fully saturated rings. The van der Waals surface area contributed by atoms with Crippen LogP contribution in [0.25, 0.3) is 0 Å². The Kier molecular flexibility index (Phi) is 5.82. The molecule has 19 heavy (non-hydrogen) atoms. The minimum atomic E-state index is -0.194. The first kappa shape index (κ1) is 15.5. The Balaban J connectivity index is 2.46. The Bertz CT molecular complexity index is 429. The van der Waals surface area contributed by atoms with Crippen molar-refractivity contribution >= 4 is 6.03 Å². The molecule has 6 nitrogen and oxygen atoms in total. The molecular weight excluding hydrogens is 244 g/mol. The van der Waals surface area contributed by atoms with E-state index in [0.29, 0.717) is 13.0 Å². The zero-order valence-electron chi connectivity index (χ0n) is 12.2. The summed E-state index contributed by atoms with van der Waals surface area (Å²) < 4.78 is 1.86. The number of nitrogens with one attached hydrogen (secondary N) is 2. The maximum absolute atomic E-state index is 11.6. The summed E-state index contributed by atoms with van der Waals surface area (Å²) >= 11 is 0. The van der Waals surface area contributed by atoms with Crippen LogP contribution in [-0.2, 0) is 13.5 Å². The molecule has 0 saturated heterocycles. The van der Waals surface area contributed by atoms with Gasteiger partial charge >= 0.3 is 6.03 Å². The van der Waals surface area contributed by atoms with Gasteiger partial charge in [-0.3, -0.25) is 4.68 Å². The Labute approximate surface area is 114 Å². The molecule has 1 atom stereocenters. The summed E-state index contributed by atoms with van der Waals surface area (Å²) in [5, 5.41) is 18.6. The largest absolute Gasteiger partial charge is 0.396 e. The molecule has 0 aliphatic heterocycles. The Morgan fingerprint density at radius 3 is 2.68 bits per heavy atom. The van der Waals surface area contributed by atoms with Crippen molar-refractivity contribution in [3.8, 4) is 0 Å². The third kappa shape index (κ3) is 4.55. The van der Waals surface area contributed by atoms with E-state index in [0.717, 1.165) is 17.8 Å². The fourth-order valence-electron chi connectivity index (χ4n) is 2.03. The number of aliphatic hydroxyl groups is 1. The summed E-state index contributed by atoms with van der Waals surface area (Å²) in [6.45, 7) is 6.56. The van der Waals surface area contributed by atoms with E-state index in [1.54, 1.807) is 0 Å². The molecule has 0 aliphatic carbocycles. The monoisotopic (exact) mass is 268 g/mol. The van der Waals surface area contributed by atoms with E-state index in [9.17, 15) is 4.79 Å². The summed E-state index contributed by atoms with van der Waals surface area (Å²) in [5.74, 6) is 0. The van der Waals surface area contributed by atoms with Gasteiger partial charge in [-0.15, -0.1) is 0 Å². The van der Waals surface area contributed by atoms with Gasteiger partial charge in [0.2, 0.25) is 0 Å². The quantitative estimate of drug-likeness (QED) is 0.663. The number of aliphatic hydroxyl groups excluding tert-OH is 1. The molecule has 0 radical (unpaired) electrons. The molecule has 6 heteroatoms.